The first kappa shape index (κ1) is 20.4. The van der Waals surface area contributed by atoms with E-state index in [1.165, 1.54) is 23.9 Å². The average Bonchev–Trinajstić information content (AvgIpc) is 2.57. The van der Waals surface area contributed by atoms with Crippen molar-refractivity contribution in [3.8, 4) is 0 Å². The van der Waals surface area contributed by atoms with Crippen LogP contribution in [0.4, 0.5) is 11.5 Å². The van der Waals surface area contributed by atoms with E-state index in [0.717, 1.165) is 24.0 Å². The van der Waals surface area contributed by atoms with Crippen molar-refractivity contribution in [1.29, 1.82) is 0 Å². The van der Waals surface area contributed by atoms with E-state index in [-0.39, 0.29) is 28.1 Å². The first-order valence-electron chi connectivity index (χ1n) is 7.60. The lowest BCUT2D eigenvalue weighted by Crippen LogP contribution is -2.07. The second kappa shape index (κ2) is 8.65. The molecule has 0 aliphatic carbocycles. The van der Waals surface area contributed by atoms with Crippen molar-refractivity contribution in [1.82, 2.24) is 9.97 Å². The van der Waals surface area contributed by atoms with Crippen LogP contribution >= 0.6 is 23.4 Å². The van der Waals surface area contributed by atoms with E-state index in [1.807, 2.05) is 6.92 Å². The van der Waals surface area contributed by atoms with Gasteiger partial charge in [-0.3, -0.25) is 10.1 Å². The summed E-state index contributed by atoms with van der Waals surface area (Å²) < 4.78 is 23.0. The van der Waals surface area contributed by atoms with Gasteiger partial charge in [-0.15, -0.1) is 0 Å². The van der Waals surface area contributed by atoms with Crippen molar-refractivity contribution in [2.24, 2.45) is 0 Å². The standard InChI is InChI=1S/C15H17ClN4O4S2/c1-3-8-25-15-18-13(16)12(20(21)22)14(19-15)17-9-10-4-6-11(7-5-10)26(2,23)24/h4-7H,3,8-9H2,1-2H3,(H,17,18,19). The summed E-state index contributed by atoms with van der Waals surface area (Å²) in [6.07, 6.45) is 2.03. The van der Waals surface area contributed by atoms with Crippen LogP contribution in [0.2, 0.25) is 5.15 Å². The van der Waals surface area contributed by atoms with E-state index in [9.17, 15) is 18.5 Å². The molecule has 0 aliphatic heterocycles. The van der Waals surface area contributed by atoms with Gasteiger partial charge in [0, 0.05) is 18.6 Å². The highest BCUT2D eigenvalue weighted by Gasteiger charge is 2.23. The normalized spacial score (nSPS) is 11.3. The zero-order valence-corrected chi connectivity index (χ0v) is 16.5. The number of hydrogen-bond donors (Lipinski definition) is 1. The molecule has 0 radical (unpaired) electrons. The molecule has 0 unspecified atom stereocenters. The van der Waals surface area contributed by atoms with Gasteiger partial charge >= 0.3 is 5.69 Å². The second-order valence-corrected chi connectivity index (χ2v) is 8.81. The number of aromatic nitrogens is 2. The maximum atomic E-state index is 11.5. The fraction of sp³-hybridized carbons (Fsp3) is 0.333. The van der Waals surface area contributed by atoms with Gasteiger partial charge in [0.15, 0.2) is 15.0 Å². The molecule has 1 aromatic carbocycles. The quantitative estimate of drug-likeness (QED) is 0.228. The third-order valence-electron chi connectivity index (χ3n) is 3.25. The van der Waals surface area contributed by atoms with Crippen LogP contribution in [-0.2, 0) is 16.4 Å². The van der Waals surface area contributed by atoms with Crippen LogP contribution in [0.1, 0.15) is 18.9 Å². The molecule has 1 heterocycles. The number of hydrogen-bond acceptors (Lipinski definition) is 8. The van der Waals surface area contributed by atoms with E-state index in [0.29, 0.717) is 5.16 Å². The first-order chi connectivity index (χ1) is 12.2. The van der Waals surface area contributed by atoms with Gasteiger partial charge in [0.1, 0.15) is 0 Å². The summed E-state index contributed by atoms with van der Waals surface area (Å²) in [4.78, 5) is 19.0. The monoisotopic (exact) mass is 416 g/mol. The molecular weight excluding hydrogens is 400 g/mol. The molecule has 1 aromatic heterocycles. The Morgan fingerprint density at radius 2 is 1.92 bits per heavy atom. The van der Waals surface area contributed by atoms with Crippen LogP contribution in [0.3, 0.4) is 0 Å². The van der Waals surface area contributed by atoms with Crippen LogP contribution in [0.15, 0.2) is 34.3 Å². The van der Waals surface area contributed by atoms with E-state index in [2.05, 4.69) is 15.3 Å². The summed E-state index contributed by atoms with van der Waals surface area (Å²) in [6, 6.07) is 6.22. The Morgan fingerprint density at radius 1 is 1.27 bits per heavy atom. The van der Waals surface area contributed by atoms with Crippen LogP contribution in [0.25, 0.3) is 0 Å². The largest absolute Gasteiger partial charge is 0.360 e. The predicted octanol–water partition coefficient (Wildman–Crippen LogP) is 3.56. The summed E-state index contributed by atoms with van der Waals surface area (Å²) in [5.74, 6) is 0.793. The molecule has 140 valence electrons. The summed E-state index contributed by atoms with van der Waals surface area (Å²) in [5.41, 5.74) is 0.351. The summed E-state index contributed by atoms with van der Waals surface area (Å²) in [7, 11) is -3.28. The van der Waals surface area contributed by atoms with Gasteiger partial charge in [-0.1, -0.05) is 42.4 Å². The van der Waals surface area contributed by atoms with Gasteiger partial charge < -0.3 is 5.32 Å². The van der Waals surface area contributed by atoms with Gasteiger partial charge in [0.2, 0.25) is 11.0 Å². The number of thioether (sulfide) groups is 1. The third kappa shape index (κ3) is 5.29. The Morgan fingerprint density at radius 3 is 2.46 bits per heavy atom. The highest BCUT2D eigenvalue weighted by molar-refractivity contribution is 7.99. The third-order valence-corrected chi connectivity index (χ3v) is 5.70. The number of nitrogens with one attached hydrogen (secondary N) is 1. The Labute approximate surface area is 160 Å². The fourth-order valence-corrected chi connectivity index (χ4v) is 3.61. The van der Waals surface area contributed by atoms with Gasteiger partial charge in [0.05, 0.1) is 9.82 Å². The molecule has 1 N–H and O–H groups in total. The number of nitrogens with zero attached hydrogens (tertiary/aromatic N) is 3. The average molecular weight is 417 g/mol. The molecule has 2 rings (SSSR count). The highest BCUT2D eigenvalue weighted by Crippen LogP contribution is 2.32. The van der Waals surface area contributed by atoms with Gasteiger partial charge in [-0.05, 0) is 24.1 Å². The van der Waals surface area contributed by atoms with Crippen molar-refractivity contribution < 1.29 is 13.3 Å². The second-order valence-electron chi connectivity index (χ2n) is 5.37. The van der Waals surface area contributed by atoms with E-state index in [4.69, 9.17) is 11.6 Å². The molecule has 0 spiro atoms. The van der Waals surface area contributed by atoms with Crippen molar-refractivity contribution in [2.75, 3.05) is 17.3 Å². The molecule has 0 saturated heterocycles. The lowest BCUT2D eigenvalue weighted by atomic mass is 10.2. The Hall–Kier alpha value is -1.91. The van der Waals surface area contributed by atoms with Gasteiger partial charge in [-0.25, -0.2) is 13.4 Å². The van der Waals surface area contributed by atoms with Crippen molar-refractivity contribution >= 4 is 44.7 Å². The van der Waals surface area contributed by atoms with Crippen LogP contribution in [-0.4, -0.2) is 35.3 Å². The number of benzene rings is 1. The molecule has 0 fully saturated rings. The maximum absolute atomic E-state index is 11.5. The minimum atomic E-state index is -3.28. The molecule has 11 heteroatoms. The van der Waals surface area contributed by atoms with E-state index < -0.39 is 14.8 Å². The number of anilines is 1. The van der Waals surface area contributed by atoms with Crippen molar-refractivity contribution in [2.45, 2.75) is 29.9 Å². The number of sulfone groups is 1. The van der Waals surface area contributed by atoms with Crippen molar-refractivity contribution in [3.63, 3.8) is 0 Å². The molecular formula is C15H17ClN4O4S2. The Balaban J connectivity index is 2.24. The zero-order chi connectivity index (χ0) is 19.3. The first-order valence-corrected chi connectivity index (χ1v) is 10.9. The van der Waals surface area contributed by atoms with Crippen LogP contribution < -0.4 is 5.32 Å². The minimum Gasteiger partial charge on any atom is -0.360 e. The number of halogens is 1. The van der Waals surface area contributed by atoms with Crippen molar-refractivity contribution in [3.05, 3.63) is 45.1 Å². The smallest absolute Gasteiger partial charge is 0.348 e. The Bertz CT molecular complexity index is 905. The van der Waals surface area contributed by atoms with Crippen LogP contribution in [0.5, 0.6) is 0 Å². The number of rotatable bonds is 8. The van der Waals surface area contributed by atoms with Gasteiger partial charge in [0.25, 0.3) is 0 Å². The zero-order valence-electron chi connectivity index (χ0n) is 14.1. The molecule has 8 nitrogen and oxygen atoms in total. The molecule has 0 amide bonds. The summed E-state index contributed by atoms with van der Waals surface area (Å²) in [6.45, 7) is 2.22. The molecule has 26 heavy (non-hydrogen) atoms. The topological polar surface area (TPSA) is 115 Å². The molecule has 0 aliphatic rings. The number of nitro groups is 1. The lowest BCUT2D eigenvalue weighted by Gasteiger charge is -2.09. The fourth-order valence-electron chi connectivity index (χ4n) is 1.99. The molecule has 0 atom stereocenters. The molecule has 2 aromatic rings. The van der Waals surface area contributed by atoms with E-state index in [1.54, 1.807) is 12.1 Å². The minimum absolute atomic E-state index is 0.0285. The lowest BCUT2D eigenvalue weighted by molar-refractivity contribution is -0.384. The Kier molecular flexibility index (Phi) is 6.79. The highest BCUT2D eigenvalue weighted by atomic mass is 35.5. The summed E-state index contributed by atoms with van der Waals surface area (Å²) in [5, 5.41) is 14.3. The van der Waals surface area contributed by atoms with Crippen LogP contribution in [0, 0.1) is 10.1 Å². The summed E-state index contributed by atoms with van der Waals surface area (Å²) >= 11 is 7.31. The molecule has 0 bridgehead atoms. The maximum Gasteiger partial charge on any atom is 0.348 e. The SMILES string of the molecule is CCCSc1nc(Cl)c([N+](=O)[O-])c(NCc2ccc(S(C)(=O)=O)cc2)n1. The van der Waals surface area contributed by atoms with Gasteiger partial charge in [-0.2, -0.15) is 4.98 Å². The van der Waals surface area contributed by atoms with E-state index >= 15 is 0 Å². The predicted molar refractivity (Wildman–Crippen MR) is 102 cm³/mol. The molecule has 0 saturated carbocycles.